The molecule has 23 heavy (non-hydrogen) atoms. The zero-order valence-electron chi connectivity index (χ0n) is 14.0. The number of carbonyl (C=O) groups excluding carboxylic acids is 4. The summed E-state index contributed by atoms with van der Waals surface area (Å²) in [7, 11) is 0. The van der Waals surface area contributed by atoms with Crippen molar-refractivity contribution in [2.24, 2.45) is 0 Å². The fourth-order valence-electron chi connectivity index (χ4n) is 0.934. The summed E-state index contributed by atoms with van der Waals surface area (Å²) in [5.74, 6) is -4.28. The van der Waals surface area contributed by atoms with E-state index >= 15 is 0 Å². The van der Waals surface area contributed by atoms with Gasteiger partial charge in [-0.2, -0.15) is 0 Å². The van der Waals surface area contributed by atoms with Crippen LogP contribution in [0.2, 0.25) is 0 Å². The van der Waals surface area contributed by atoms with Gasteiger partial charge in [0.2, 0.25) is 0 Å². The normalized spacial score (nSPS) is 11.7. The van der Waals surface area contributed by atoms with E-state index in [9.17, 15) is 29.4 Å². The molecule has 0 saturated heterocycles. The average molecular weight is 343 g/mol. The van der Waals surface area contributed by atoms with Gasteiger partial charge in [-0.3, -0.25) is 9.59 Å². The summed E-state index contributed by atoms with van der Waals surface area (Å²) in [4.78, 5) is 40.9. The minimum atomic E-state index is -1.40. The molecule has 0 aliphatic heterocycles. The second kappa shape index (κ2) is 15.5. The van der Waals surface area contributed by atoms with Crippen LogP contribution in [0.4, 0.5) is 0 Å². The van der Waals surface area contributed by atoms with Crippen LogP contribution in [0.1, 0.15) is 53.4 Å². The number of rotatable bonds is 8. The maximum atomic E-state index is 10.6. The number of ether oxygens (including phenoxy) is 2. The molecule has 0 aliphatic carbocycles. The molecule has 0 heterocycles. The predicted octanol–water partition coefficient (Wildman–Crippen LogP) is -1.44. The van der Waals surface area contributed by atoms with Gasteiger partial charge in [-0.05, 0) is 26.7 Å². The van der Waals surface area contributed by atoms with Gasteiger partial charge in [-0.25, -0.2) is 0 Å². The van der Waals surface area contributed by atoms with E-state index in [1.165, 1.54) is 0 Å². The van der Waals surface area contributed by atoms with Crippen LogP contribution in [-0.4, -0.2) is 59.1 Å². The second-order valence-corrected chi connectivity index (χ2v) is 4.52. The molecule has 0 amide bonds. The SMILES string of the molecule is CCC(C)OC(=O)CC(=O)[O-].CCC(C)OC(=O)CC(=O)[O-].[Mg+2]. The Morgan fingerprint density at radius 2 is 1.04 bits per heavy atom. The largest absolute Gasteiger partial charge is 2.00 e. The molecule has 0 aromatic rings. The fourth-order valence-corrected chi connectivity index (χ4v) is 0.934. The molecule has 0 rings (SSSR count). The average Bonchev–Trinajstić information content (AvgIpc) is 2.36. The van der Waals surface area contributed by atoms with E-state index in [0.29, 0.717) is 12.8 Å². The van der Waals surface area contributed by atoms with Crippen LogP contribution < -0.4 is 10.2 Å². The number of esters is 2. The monoisotopic (exact) mass is 342 g/mol. The standard InChI is InChI=1S/2C7H12O4.Mg/c2*1-3-5(2)11-7(10)4-6(8)9;/h2*5H,3-4H2,1-2H3,(H,8,9);/q;;+2/p-2. The van der Waals surface area contributed by atoms with Crippen molar-refractivity contribution in [2.45, 2.75) is 65.6 Å². The van der Waals surface area contributed by atoms with E-state index in [4.69, 9.17) is 0 Å². The molecule has 0 saturated carbocycles. The zero-order chi connectivity index (χ0) is 17.7. The third kappa shape index (κ3) is 20.6. The van der Waals surface area contributed by atoms with Gasteiger partial charge in [0.15, 0.2) is 0 Å². The third-order valence-corrected chi connectivity index (χ3v) is 2.39. The minimum Gasteiger partial charge on any atom is -0.550 e. The van der Waals surface area contributed by atoms with E-state index in [2.05, 4.69) is 9.47 Å². The van der Waals surface area contributed by atoms with E-state index in [1.54, 1.807) is 13.8 Å². The van der Waals surface area contributed by atoms with Crippen LogP contribution in [0.25, 0.3) is 0 Å². The van der Waals surface area contributed by atoms with Crippen molar-refractivity contribution in [2.75, 3.05) is 0 Å². The maximum Gasteiger partial charge on any atom is 2.00 e. The van der Waals surface area contributed by atoms with Crippen LogP contribution in [0, 0.1) is 0 Å². The molecule has 0 aromatic heterocycles. The summed E-state index contributed by atoms with van der Waals surface area (Å²) in [6.07, 6.45) is -0.407. The van der Waals surface area contributed by atoms with E-state index < -0.39 is 36.7 Å². The molecule has 0 bridgehead atoms. The molecule has 0 spiro atoms. The van der Waals surface area contributed by atoms with Crippen LogP contribution in [0.15, 0.2) is 0 Å². The van der Waals surface area contributed by atoms with Gasteiger partial charge in [0.05, 0.1) is 37.0 Å². The summed E-state index contributed by atoms with van der Waals surface area (Å²) < 4.78 is 9.30. The Bertz CT molecular complexity index is 347. The summed E-state index contributed by atoms with van der Waals surface area (Å²) in [5, 5.41) is 19.7. The molecule has 0 aromatic carbocycles. The van der Waals surface area contributed by atoms with Crippen LogP contribution in [0.3, 0.4) is 0 Å². The minimum absolute atomic E-state index is 0. The maximum absolute atomic E-state index is 10.6. The van der Waals surface area contributed by atoms with Gasteiger partial charge >= 0.3 is 35.0 Å². The van der Waals surface area contributed by atoms with Crippen molar-refractivity contribution in [1.29, 1.82) is 0 Å². The van der Waals surface area contributed by atoms with Gasteiger partial charge in [0, 0.05) is 0 Å². The summed E-state index contributed by atoms with van der Waals surface area (Å²) in [6.45, 7) is 7.09. The first-order valence-electron chi connectivity index (χ1n) is 6.90. The van der Waals surface area contributed by atoms with Gasteiger partial charge < -0.3 is 29.3 Å². The Kier molecular flexibility index (Phi) is 17.9. The fraction of sp³-hybridized carbons (Fsp3) is 0.714. The smallest absolute Gasteiger partial charge is 0.550 e. The first-order chi connectivity index (χ1) is 10.1. The molecule has 2 unspecified atom stereocenters. The van der Waals surface area contributed by atoms with Crippen molar-refractivity contribution in [1.82, 2.24) is 0 Å². The number of aliphatic carboxylic acids is 2. The molecular weight excluding hydrogens is 320 g/mol. The summed E-state index contributed by atoms with van der Waals surface area (Å²) in [5.41, 5.74) is 0. The van der Waals surface area contributed by atoms with Crippen molar-refractivity contribution in [3.05, 3.63) is 0 Å². The Balaban J connectivity index is -0.000000333. The summed E-state index contributed by atoms with van der Waals surface area (Å²) in [6, 6.07) is 0. The number of carboxylic acids is 2. The van der Waals surface area contributed by atoms with Gasteiger partial charge in [-0.15, -0.1) is 0 Å². The Morgan fingerprint density at radius 1 is 0.783 bits per heavy atom. The predicted molar refractivity (Wildman–Crippen MR) is 76.7 cm³/mol. The van der Waals surface area contributed by atoms with Gasteiger partial charge in [0.1, 0.15) is 0 Å². The molecule has 8 nitrogen and oxygen atoms in total. The van der Waals surface area contributed by atoms with E-state index in [-0.39, 0.29) is 35.3 Å². The Hall–Kier alpha value is -1.35. The summed E-state index contributed by atoms with van der Waals surface area (Å²) >= 11 is 0. The number of carbonyl (C=O) groups is 4. The van der Waals surface area contributed by atoms with Gasteiger partial charge in [-0.1, -0.05) is 13.8 Å². The van der Waals surface area contributed by atoms with Crippen molar-refractivity contribution in [3.8, 4) is 0 Å². The molecule has 2 atom stereocenters. The Labute approximate surface area is 151 Å². The molecule has 0 aliphatic rings. The Morgan fingerprint density at radius 3 is 1.22 bits per heavy atom. The van der Waals surface area contributed by atoms with Crippen molar-refractivity contribution in [3.63, 3.8) is 0 Å². The van der Waals surface area contributed by atoms with E-state index in [0.717, 1.165) is 0 Å². The van der Waals surface area contributed by atoms with Gasteiger partial charge in [0.25, 0.3) is 0 Å². The molecule has 128 valence electrons. The quantitative estimate of drug-likeness (QED) is 0.297. The second-order valence-electron chi connectivity index (χ2n) is 4.52. The first kappa shape index (κ1) is 26.5. The van der Waals surface area contributed by atoms with Crippen LogP contribution in [0.5, 0.6) is 0 Å². The first-order valence-corrected chi connectivity index (χ1v) is 6.90. The van der Waals surface area contributed by atoms with Crippen LogP contribution in [-0.2, 0) is 28.7 Å². The molecule has 9 heteroatoms. The topological polar surface area (TPSA) is 133 Å². The van der Waals surface area contributed by atoms with Crippen molar-refractivity contribution < 1.29 is 38.9 Å². The molecule has 0 N–H and O–H groups in total. The van der Waals surface area contributed by atoms with Crippen LogP contribution >= 0.6 is 0 Å². The van der Waals surface area contributed by atoms with E-state index in [1.807, 2.05) is 13.8 Å². The molecule has 0 radical (unpaired) electrons. The number of hydrogen-bond donors (Lipinski definition) is 0. The van der Waals surface area contributed by atoms with Crippen molar-refractivity contribution >= 4 is 46.9 Å². The molecular formula is C14H22MgO8. The number of hydrogen-bond acceptors (Lipinski definition) is 8. The zero-order valence-corrected chi connectivity index (χ0v) is 15.4. The molecule has 0 fully saturated rings. The third-order valence-electron chi connectivity index (χ3n) is 2.39. The number of carboxylic acid groups (broad SMARTS) is 2.